The lowest BCUT2D eigenvalue weighted by molar-refractivity contribution is 0.416. The van der Waals surface area contributed by atoms with Crippen LogP contribution in [-0.2, 0) is 5.33 Å². The van der Waals surface area contributed by atoms with Gasteiger partial charge in [-0.15, -0.1) is 0 Å². The van der Waals surface area contributed by atoms with E-state index in [1.54, 1.807) is 18.2 Å². The fourth-order valence-corrected chi connectivity index (χ4v) is 2.17. The predicted molar refractivity (Wildman–Crippen MR) is 76.1 cm³/mol. The Morgan fingerprint density at radius 2 is 2.18 bits per heavy atom. The minimum absolute atomic E-state index is 0.317. The van der Waals surface area contributed by atoms with Crippen LogP contribution in [0.15, 0.2) is 42.5 Å². The minimum atomic E-state index is -2.48. The fraction of sp³-hybridized carbons (Fsp3) is 0.143. The first-order chi connectivity index (χ1) is 9.39. The topological polar surface area (TPSA) is 9.23 Å². The van der Waals surface area contributed by atoms with Gasteiger partial charge >= 0.3 is 0 Å². The van der Waals surface area contributed by atoms with E-state index < -0.39 is 7.04 Å². The molecule has 0 saturated heterocycles. The summed E-state index contributed by atoms with van der Waals surface area (Å²) in [6.07, 6.45) is 0. The highest BCUT2D eigenvalue weighted by Gasteiger charge is 2.07. The molecule has 17 heavy (non-hydrogen) atoms. The maximum atomic E-state index is 7.25. The third-order valence-electron chi connectivity index (χ3n) is 2.44. The second kappa shape index (κ2) is 5.56. The zero-order chi connectivity index (χ0) is 14.8. The van der Waals surface area contributed by atoms with Crippen molar-refractivity contribution < 1.29 is 8.85 Å². The van der Waals surface area contributed by atoms with Crippen LogP contribution < -0.4 is 4.74 Å². The number of alkyl halides is 1. The molecule has 0 spiro atoms. The molecule has 0 aliphatic heterocycles. The van der Waals surface area contributed by atoms with Crippen molar-refractivity contribution in [3.05, 3.63) is 53.1 Å². The predicted octanol–water partition coefficient (Wildman–Crippen LogP) is 4.91. The fourth-order valence-electron chi connectivity index (χ4n) is 1.63. The average Bonchev–Trinajstić information content (AvgIpc) is 2.37. The van der Waals surface area contributed by atoms with E-state index in [1.165, 1.54) is 0 Å². The molecule has 0 unspecified atom stereocenters. The minimum Gasteiger partial charge on any atom is -0.496 e. The molecular weight excluding hydrogens is 300 g/mol. The first kappa shape index (κ1) is 9.01. The molecule has 0 fully saturated rings. The van der Waals surface area contributed by atoms with E-state index in [-0.39, 0.29) is 0 Å². The Hall–Kier alpha value is -0.990. The first-order valence-corrected chi connectivity index (χ1v) is 6.53. The summed E-state index contributed by atoms with van der Waals surface area (Å²) in [6, 6.07) is 12.6. The summed E-state index contributed by atoms with van der Waals surface area (Å²) in [5, 5.41) is 1.26. The lowest BCUT2D eigenvalue weighted by atomic mass is 10.0. The van der Waals surface area contributed by atoms with Crippen LogP contribution in [-0.4, -0.2) is 7.04 Å². The monoisotopic (exact) mass is 313 g/mol. The molecule has 0 bridgehead atoms. The maximum Gasteiger partial charge on any atom is 0.126 e. The quantitative estimate of drug-likeness (QED) is 0.731. The lowest BCUT2D eigenvalue weighted by Crippen LogP contribution is -1.89. The molecule has 1 nitrogen and oxygen atoms in total. The summed E-state index contributed by atoms with van der Waals surface area (Å²) in [7, 11) is -2.48. The van der Waals surface area contributed by atoms with Crippen LogP contribution in [0.3, 0.4) is 0 Å². The van der Waals surface area contributed by atoms with Crippen LogP contribution in [0.25, 0.3) is 11.1 Å². The van der Waals surface area contributed by atoms with E-state index in [0.29, 0.717) is 21.7 Å². The lowest BCUT2D eigenvalue weighted by Gasteiger charge is -2.10. The van der Waals surface area contributed by atoms with Crippen molar-refractivity contribution in [3.63, 3.8) is 0 Å². The molecule has 0 aliphatic rings. The van der Waals surface area contributed by atoms with E-state index in [0.717, 1.165) is 11.1 Å². The summed E-state index contributed by atoms with van der Waals surface area (Å²) in [4.78, 5) is 0. The highest BCUT2D eigenvalue weighted by molar-refractivity contribution is 9.08. The number of ether oxygens (including phenoxy) is 1. The second-order valence-electron chi connectivity index (χ2n) is 3.58. The summed E-state index contributed by atoms with van der Waals surface area (Å²) in [6.45, 7) is 0. The molecule has 0 atom stereocenters. The van der Waals surface area contributed by atoms with Gasteiger partial charge in [0.05, 0.1) is 11.2 Å². The van der Waals surface area contributed by atoms with Crippen LogP contribution in [0.4, 0.5) is 0 Å². The Balaban J connectivity index is 2.53. The van der Waals surface area contributed by atoms with Gasteiger partial charge in [-0.25, -0.2) is 0 Å². The van der Waals surface area contributed by atoms with Gasteiger partial charge in [0.1, 0.15) is 5.75 Å². The molecule has 0 N–H and O–H groups in total. The molecule has 0 radical (unpaired) electrons. The van der Waals surface area contributed by atoms with Gasteiger partial charge in [0.15, 0.2) is 0 Å². The average molecular weight is 315 g/mol. The Morgan fingerprint density at radius 3 is 2.88 bits per heavy atom. The Bertz CT molecular complexity index is 614. The molecule has 0 amide bonds. The number of rotatable bonds is 3. The largest absolute Gasteiger partial charge is 0.496 e. The van der Waals surface area contributed by atoms with Gasteiger partial charge < -0.3 is 4.74 Å². The zero-order valence-electron chi connectivity index (χ0n) is 11.9. The van der Waals surface area contributed by atoms with Crippen molar-refractivity contribution in [2.24, 2.45) is 0 Å². The number of halogens is 2. The van der Waals surface area contributed by atoms with E-state index >= 15 is 0 Å². The van der Waals surface area contributed by atoms with E-state index in [2.05, 4.69) is 15.9 Å². The van der Waals surface area contributed by atoms with Gasteiger partial charge in [-0.05, 0) is 35.4 Å². The van der Waals surface area contributed by atoms with Crippen molar-refractivity contribution in [2.75, 3.05) is 7.04 Å². The standard InChI is InChI=1S/C14H12BrClO/c1-17-14-6-5-10(9-15)7-13(14)11-3-2-4-12(16)8-11/h2-8H,9H2,1H3/i1D3. The van der Waals surface area contributed by atoms with Crippen LogP contribution in [0.1, 0.15) is 9.68 Å². The van der Waals surface area contributed by atoms with Crippen LogP contribution in [0, 0.1) is 0 Å². The van der Waals surface area contributed by atoms with Crippen molar-refractivity contribution in [2.45, 2.75) is 5.33 Å². The molecule has 0 aliphatic carbocycles. The summed E-state index contributed by atoms with van der Waals surface area (Å²) in [5.74, 6) is 0.317. The van der Waals surface area contributed by atoms with Gasteiger partial charge in [0.2, 0.25) is 0 Å². The zero-order valence-corrected chi connectivity index (χ0v) is 11.3. The van der Waals surface area contributed by atoms with Gasteiger partial charge in [0, 0.05) is 15.9 Å². The van der Waals surface area contributed by atoms with Gasteiger partial charge in [0.25, 0.3) is 0 Å². The molecule has 2 aromatic rings. The van der Waals surface area contributed by atoms with Crippen molar-refractivity contribution >= 4 is 27.5 Å². The normalized spacial score (nSPS) is 13.6. The Kier molecular flexibility index (Phi) is 2.95. The smallest absolute Gasteiger partial charge is 0.126 e. The van der Waals surface area contributed by atoms with E-state index in [1.807, 2.05) is 24.3 Å². The summed E-state index contributed by atoms with van der Waals surface area (Å²) >= 11 is 9.38. The van der Waals surface area contributed by atoms with Gasteiger partial charge in [-0.3, -0.25) is 0 Å². The van der Waals surface area contributed by atoms with Crippen LogP contribution >= 0.6 is 27.5 Å². The van der Waals surface area contributed by atoms with Crippen molar-refractivity contribution in [1.82, 2.24) is 0 Å². The van der Waals surface area contributed by atoms with Gasteiger partial charge in [-0.2, -0.15) is 0 Å². The highest BCUT2D eigenvalue weighted by Crippen LogP contribution is 2.32. The summed E-state index contributed by atoms with van der Waals surface area (Å²) < 4.78 is 26.8. The van der Waals surface area contributed by atoms with Crippen LogP contribution in [0.2, 0.25) is 5.02 Å². The first-order valence-electron chi connectivity index (χ1n) is 6.53. The molecule has 2 aromatic carbocycles. The molecule has 2 rings (SSSR count). The number of hydrogen-bond donors (Lipinski definition) is 0. The second-order valence-corrected chi connectivity index (χ2v) is 4.57. The van der Waals surface area contributed by atoms with E-state index in [4.69, 9.17) is 20.5 Å². The number of benzene rings is 2. The third kappa shape index (κ3) is 2.82. The van der Waals surface area contributed by atoms with E-state index in [9.17, 15) is 0 Å². The Morgan fingerprint density at radius 1 is 1.29 bits per heavy atom. The SMILES string of the molecule is [2H]C([2H])([2H])Oc1ccc(CBr)cc1-c1cccc(Cl)c1. The molecule has 0 saturated carbocycles. The van der Waals surface area contributed by atoms with Crippen molar-refractivity contribution in [1.29, 1.82) is 0 Å². The molecule has 3 heteroatoms. The Labute approximate surface area is 119 Å². The van der Waals surface area contributed by atoms with Gasteiger partial charge in [-0.1, -0.05) is 45.7 Å². The molecule has 88 valence electrons. The maximum absolute atomic E-state index is 7.25. The number of hydrogen-bond acceptors (Lipinski definition) is 1. The third-order valence-corrected chi connectivity index (χ3v) is 3.33. The van der Waals surface area contributed by atoms with Crippen molar-refractivity contribution in [3.8, 4) is 16.9 Å². The molecule has 0 heterocycles. The molecule has 0 aromatic heterocycles. The summed E-state index contributed by atoms with van der Waals surface area (Å²) in [5.41, 5.74) is 2.55. The van der Waals surface area contributed by atoms with Crippen LogP contribution in [0.5, 0.6) is 5.75 Å². The number of methoxy groups -OCH3 is 1. The molecular formula is C14H12BrClO. The highest BCUT2D eigenvalue weighted by atomic mass is 79.9.